The number of nitrogens with one attached hydrogen (secondary N) is 1. The first kappa shape index (κ1) is 9.05. The van der Waals surface area contributed by atoms with Gasteiger partial charge in [-0.3, -0.25) is 9.48 Å². The second-order valence-electron chi connectivity index (χ2n) is 3.72. The molecule has 14 heavy (non-hydrogen) atoms. The van der Waals surface area contributed by atoms with Crippen LogP contribution < -0.4 is 11.1 Å². The third kappa shape index (κ3) is 2.48. The Morgan fingerprint density at radius 2 is 2.50 bits per heavy atom. The molecule has 1 aromatic heterocycles. The molecule has 0 unspecified atom stereocenters. The summed E-state index contributed by atoms with van der Waals surface area (Å²) in [6.45, 7) is 1.15. The summed E-state index contributed by atoms with van der Waals surface area (Å²) >= 11 is 0. The van der Waals surface area contributed by atoms with Gasteiger partial charge in [0.2, 0.25) is 5.91 Å². The van der Waals surface area contributed by atoms with Gasteiger partial charge in [-0.1, -0.05) is 0 Å². The van der Waals surface area contributed by atoms with Gasteiger partial charge < -0.3 is 11.1 Å². The molecule has 0 radical (unpaired) electrons. The summed E-state index contributed by atoms with van der Waals surface area (Å²) in [5.74, 6) is 0.455. The fourth-order valence-corrected chi connectivity index (χ4v) is 1.29. The van der Waals surface area contributed by atoms with Gasteiger partial charge >= 0.3 is 0 Å². The minimum Gasteiger partial charge on any atom is -0.382 e. The van der Waals surface area contributed by atoms with Crippen LogP contribution in [0.15, 0.2) is 12.4 Å². The topological polar surface area (TPSA) is 72.9 Å². The van der Waals surface area contributed by atoms with E-state index in [0.29, 0.717) is 0 Å². The van der Waals surface area contributed by atoms with Gasteiger partial charge in [-0.25, -0.2) is 0 Å². The lowest BCUT2D eigenvalue weighted by Gasteiger charge is -1.99. The smallest absolute Gasteiger partial charge is 0.239 e. The van der Waals surface area contributed by atoms with Crippen molar-refractivity contribution in [2.45, 2.75) is 19.4 Å². The second-order valence-corrected chi connectivity index (χ2v) is 3.72. The average molecular weight is 194 g/mol. The Labute approximate surface area is 82.3 Å². The molecule has 1 aromatic rings. The zero-order chi connectivity index (χ0) is 9.97. The van der Waals surface area contributed by atoms with Crippen LogP contribution in [0.4, 0.5) is 5.69 Å². The van der Waals surface area contributed by atoms with E-state index in [2.05, 4.69) is 10.4 Å². The number of rotatable bonds is 5. The summed E-state index contributed by atoms with van der Waals surface area (Å²) in [5, 5.41) is 7.27. The van der Waals surface area contributed by atoms with Crippen LogP contribution in [0.2, 0.25) is 0 Å². The van der Waals surface area contributed by atoms with Crippen molar-refractivity contribution in [3.05, 3.63) is 12.4 Å². The summed E-state index contributed by atoms with van der Waals surface area (Å²) in [6, 6.07) is 0. The van der Waals surface area contributed by atoms with E-state index in [9.17, 15) is 4.79 Å². The zero-order valence-electron chi connectivity index (χ0n) is 7.94. The van der Waals surface area contributed by atoms with Gasteiger partial charge in [0.05, 0.1) is 11.9 Å². The van der Waals surface area contributed by atoms with Crippen molar-refractivity contribution in [2.75, 3.05) is 11.9 Å². The highest BCUT2D eigenvalue weighted by atomic mass is 16.1. The quantitative estimate of drug-likeness (QED) is 0.702. The summed E-state index contributed by atoms with van der Waals surface area (Å²) in [7, 11) is 0. The third-order valence-corrected chi connectivity index (χ3v) is 2.24. The Hall–Kier alpha value is -1.52. The van der Waals surface area contributed by atoms with Gasteiger partial charge in [0.1, 0.15) is 6.54 Å². The van der Waals surface area contributed by atoms with E-state index in [1.54, 1.807) is 12.4 Å². The van der Waals surface area contributed by atoms with Crippen LogP contribution in [0.5, 0.6) is 0 Å². The van der Waals surface area contributed by atoms with Crippen LogP contribution in [-0.2, 0) is 11.3 Å². The molecule has 0 atom stereocenters. The minimum absolute atomic E-state index is 0.144. The predicted molar refractivity (Wildman–Crippen MR) is 52.6 cm³/mol. The van der Waals surface area contributed by atoms with E-state index in [1.165, 1.54) is 17.5 Å². The Bertz CT molecular complexity index is 329. The fraction of sp³-hybridized carbons (Fsp3) is 0.556. The van der Waals surface area contributed by atoms with Crippen LogP contribution in [-0.4, -0.2) is 22.2 Å². The number of carbonyl (C=O) groups is 1. The number of amides is 1. The lowest BCUT2D eigenvalue weighted by Crippen LogP contribution is -2.18. The first-order chi connectivity index (χ1) is 6.74. The molecule has 1 fully saturated rings. The van der Waals surface area contributed by atoms with Gasteiger partial charge in [-0.15, -0.1) is 0 Å². The van der Waals surface area contributed by atoms with Crippen molar-refractivity contribution in [2.24, 2.45) is 11.7 Å². The van der Waals surface area contributed by atoms with Crippen molar-refractivity contribution < 1.29 is 4.79 Å². The van der Waals surface area contributed by atoms with E-state index in [-0.39, 0.29) is 12.5 Å². The van der Waals surface area contributed by atoms with E-state index >= 15 is 0 Å². The summed E-state index contributed by atoms with van der Waals surface area (Å²) in [5.41, 5.74) is 6.00. The number of primary amides is 1. The van der Waals surface area contributed by atoms with E-state index in [4.69, 9.17) is 5.73 Å². The van der Waals surface area contributed by atoms with E-state index in [1.807, 2.05) is 0 Å². The standard InChI is InChI=1S/C9H14N4O/c10-9(14)6-13-5-8(4-12-13)11-3-7-1-2-7/h4-5,7,11H,1-3,6H2,(H2,10,14). The monoisotopic (exact) mass is 194 g/mol. The highest BCUT2D eigenvalue weighted by Crippen LogP contribution is 2.28. The molecule has 5 heteroatoms. The Morgan fingerprint density at radius 3 is 3.14 bits per heavy atom. The molecule has 3 N–H and O–H groups in total. The molecule has 0 spiro atoms. The maximum Gasteiger partial charge on any atom is 0.239 e. The van der Waals surface area contributed by atoms with Crippen LogP contribution in [0.1, 0.15) is 12.8 Å². The normalized spacial score (nSPS) is 15.4. The average Bonchev–Trinajstić information content (AvgIpc) is 2.84. The predicted octanol–water partition coefficient (Wildman–Crippen LogP) is 0.190. The zero-order valence-corrected chi connectivity index (χ0v) is 7.94. The number of aromatic nitrogens is 2. The number of nitrogens with zero attached hydrogens (tertiary/aromatic N) is 2. The molecule has 0 aromatic carbocycles. The van der Waals surface area contributed by atoms with Crippen LogP contribution in [0, 0.1) is 5.92 Å². The Balaban J connectivity index is 1.84. The number of hydrogen-bond donors (Lipinski definition) is 2. The van der Waals surface area contributed by atoms with Crippen LogP contribution in [0.3, 0.4) is 0 Å². The summed E-state index contributed by atoms with van der Waals surface area (Å²) in [6.07, 6.45) is 6.16. The van der Waals surface area contributed by atoms with Gasteiger partial charge in [-0.2, -0.15) is 5.10 Å². The van der Waals surface area contributed by atoms with E-state index < -0.39 is 0 Å². The number of carbonyl (C=O) groups excluding carboxylic acids is 1. The number of anilines is 1. The fourth-order valence-electron chi connectivity index (χ4n) is 1.29. The van der Waals surface area contributed by atoms with Gasteiger partial charge in [-0.05, 0) is 18.8 Å². The van der Waals surface area contributed by atoms with Gasteiger partial charge in [0.15, 0.2) is 0 Å². The molecule has 0 bridgehead atoms. The molecule has 5 nitrogen and oxygen atoms in total. The van der Waals surface area contributed by atoms with Gasteiger partial charge in [0.25, 0.3) is 0 Å². The Morgan fingerprint density at radius 1 is 1.71 bits per heavy atom. The SMILES string of the molecule is NC(=O)Cn1cc(NCC2CC2)cn1. The molecule has 76 valence electrons. The molecule has 1 aliphatic rings. The molecule has 1 aliphatic carbocycles. The van der Waals surface area contributed by atoms with Crippen molar-refractivity contribution >= 4 is 11.6 Å². The van der Waals surface area contributed by atoms with Crippen molar-refractivity contribution in [3.8, 4) is 0 Å². The molecule has 1 heterocycles. The third-order valence-electron chi connectivity index (χ3n) is 2.24. The summed E-state index contributed by atoms with van der Waals surface area (Å²) < 4.78 is 1.54. The molecule has 1 amide bonds. The maximum absolute atomic E-state index is 10.6. The Kier molecular flexibility index (Phi) is 2.39. The molecule has 1 saturated carbocycles. The number of nitrogens with two attached hydrogens (primary N) is 1. The van der Waals surface area contributed by atoms with Gasteiger partial charge in [0, 0.05) is 12.7 Å². The second kappa shape index (κ2) is 3.69. The minimum atomic E-state index is -0.373. The lowest BCUT2D eigenvalue weighted by molar-refractivity contribution is -0.118. The van der Waals surface area contributed by atoms with E-state index in [0.717, 1.165) is 18.2 Å². The van der Waals surface area contributed by atoms with Crippen molar-refractivity contribution in [3.63, 3.8) is 0 Å². The molecular formula is C9H14N4O. The highest BCUT2D eigenvalue weighted by molar-refractivity contribution is 5.73. The molecule has 0 aliphatic heterocycles. The first-order valence-corrected chi connectivity index (χ1v) is 4.78. The molecular weight excluding hydrogens is 180 g/mol. The molecule has 2 rings (SSSR count). The van der Waals surface area contributed by atoms with Crippen molar-refractivity contribution in [1.29, 1.82) is 0 Å². The van der Waals surface area contributed by atoms with Crippen LogP contribution >= 0.6 is 0 Å². The molecule has 0 saturated heterocycles. The van der Waals surface area contributed by atoms with Crippen molar-refractivity contribution in [1.82, 2.24) is 9.78 Å². The maximum atomic E-state index is 10.6. The largest absolute Gasteiger partial charge is 0.382 e. The first-order valence-electron chi connectivity index (χ1n) is 4.78. The lowest BCUT2D eigenvalue weighted by atomic mass is 10.4. The number of hydrogen-bond acceptors (Lipinski definition) is 3. The summed E-state index contributed by atoms with van der Waals surface area (Å²) in [4.78, 5) is 10.6. The van der Waals surface area contributed by atoms with Crippen LogP contribution in [0.25, 0.3) is 0 Å². The highest BCUT2D eigenvalue weighted by Gasteiger charge is 2.20.